The molecule has 6 aromatic rings. The van der Waals surface area contributed by atoms with Gasteiger partial charge in [-0.2, -0.15) is 12.7 Å². The van der Waals surface area contributed by atoms with Crippen LogP contribution in [-0.2, 0) is 57.4 Å². The zero-order chi connectivity index (χ0) is 42.2. The number of unbranched alkanes of at least 4 members (excludes halogenated alkanes) is 1. The van der Waals surface area contributed by atoms with E-state index in [0.717, 1.165) is 46.4 Å². The summed E-state index contributed by atoms with van der Waals surface area (Å²) in [5.74, 6) is -0.0279. The number of hydrogen-bond acceptors (Lipinski definition) is 10. The predicted molar refractivity (Wildman–Crippen MR) is 224 cm³/mol. The Balaban J connectivity index is 1.08. The summed E-state index contributed by atoms with van der Waals surface area (Å²) in [7, 11) is -2.59. The monoisotopic (exact) mass is 836 g/mol. The highest BCUT2D eigenvalue weighted by atomic mass is 32.2. The summed E-state index contributed by atoms with van der Waals surface area (Å²) in [6.07, 6.45) is 1.58. The van der Waals surface area contributed by atoms with E-state index in [1.807, 2.05) is 78.3 Å². The van der Waals surface area contributed by atoms with E-state index in [9.17, 15) is 13.2 Å². The van der Waals surface area contributed by atoms with Gasteiger partial charge in [-0.15, -0.1) is 5.10 Å². The lowest BCUT2D eigenvalue weighted by molar-refractivity contribution is -0.143. The van der Waals surface area contributed by atoms with E-state index in [-0.39, 0.29) is 37.4 Å². The zero-order valence-corrected chi connectivity index (χ0v) is 35.0. The number of esters is 1. The lowest BCUT2D eigenvalue weighted by Gasteiger charge is -2.29. The van der Waals surface area contributed by atoms with Crippen molar-refractivity contribution in [2.24, 2.45) is 0 Å². The molecule has 14 heteroatoms. The van der Waals surface area contributed by atoms with Crippen LogP contribution in [0.1, 0.15) is 76.6 Å². The number of benzene rings is 5. The second kappa shape index (κ2) is 19.0. The molecule has 0 N–H and O–H groups in total. The molecule has 1 aliphatic rings. The molecule has 314 valence electrons. The van der Waals surface area contributed by atoms with Crippen molar-refractivity contribution >= 4 is 27.3 Å². The van der Waals surface area contributed by atoms with E-state index in [0.29, 0.717) is 54.3 Å². The highest BCUT2D eigenvalue weighted by Gasteiger charge is 2.33. The minimum Gasteiger partial charge on any atom is -0.497 e. The topological polar surface area (TPSA) is 131 Å². The van der Waals surface area contributed by atoms with Crippen LogP contribution in [0.25, 0.3) is 11.0 Å². The van der Waals surface area contributed by atoms with Gasteiger partial charge in [-0.05, 0) is 115 Å². The van der Waals surface area contributed by atoms with Gasteiger partial charge >= 0.3 is 16.3 Å². The molecule has 1 unspecified atom stereocenters. The standard InChI is InChI=1S/C46H49FN4O8S/c1-5-57-45(52)26-41(40-18-19-43-46(32(40)3)48-49-51(43)21-9-10-22-56-29-34-13-15-38(55-4)16-14-34)35-23-36(31(2)42(47)25-35)27-50-28-37-24-39(17-20-44(37)59-60(50,53)54)58-30-33-11-7-6-8-12-33/h6-8,11-20,23-25,41H,5,9-10,21-22,26-30H2,1-4H3. The number of nitrogens with zero attached hydrogens (tertiary/aromatic N) is 4. The number of hydrogen-bond donors (Lipinski definition) is 0. The van der Waals surface area contributed by atoms with Crippen molar-refractivity contribution < 1.29 is 40.7 Å². The fourth-order valence-electron chi connectivity index (χ4n) is 7.37. The summed E-state index contributed by atoms with van der Waals surface area (Å²) in [5, 5.41) is 8.96. The predicted octanol–water partition coefficient (Wildman–Crippen LogP) is 8.50. The molecule has 0 spiro atoms. The zero-order valence-electron chi connectivity index (χ0n) is 34.2. The Labute approximate surface area is 350 Å². The minimum atomic E-state index is -4.23. The molecule has 0 amide bonds. The Kier molecular flexibility index (Phi) is 13.4. The molecule has 0 radical (unpaired) electrons. The van der Waals surface area contributed by atoms with Crippen LogP contribution in [0.4, 0.5) is 4.39 Å². The first-order chi connectivity index (χ1) is 29.0. The normalized spacial score (nSPS) is 14.0. The number of aromatic nitrogens is 3. The maximum Gasteiger partial charge on any atom is 0.385 e. The Morgan fingerprint density at radius 2 is 1.67 bits per heavy atom. The van der Waals surface area contributed by atoms with Crippen molar-refractivity contribution in [2.45, 2.75) is 78.8 Å². The summed E-state index contributed by atoms with van der Waals surface area (Å²) in [5.41, 5.74) is 6.97. The minimum absolute atomic E-state index is 0.0140. The van der Waals surface area contributed by atoms with Crippen LogP contribution in [0.15, 0.2) is 97.1 Å². The molecule has 0 fully saturated rings. The van der Waals surface area contributed by atoms with E-state index in [1.165, 1.54) is 10.4 Å². The van der Waals surface area contributed by atoms with E-state index < -0.39 is 28.0 Å². The lowest BCUT2D eigenvalue weighted by Crippen LogP contribution is -2.37. The lowest BCUT2D eigenvalue weighted by atomic mass is 9.84. The molecule has 7 rings (SSSR count). The maximum atomic E-state index is 16.0. The average molecular weight is 837 g/mol. The van der Waals surface area contributed by atoms with Gasteiger partial charge in [-0.1, -0.05) is 59.8 Å². The van der Waals surface area contributed by atoms with E-state index in [2.05, 4.69) is 10.3 Å². The Morgan fingerprint density at radius 1 is 0.900 bits per heavy atom. The summed E-state index contributed by atoms with van der Waals surface area (Å²) < 4.78 is 73.8. The molecule has 60 heavy (non-hydrogen) atoms. The van der Waals surface area contributed by atoms with Crippen LogP contribution in [-0.4, -0.2) is 54.0 Å². The second-order valence-electron chi connectivity index (χ2n) is 14.8. The first kappa shape index (κ1) is 42.3. The van der Waals surface area contributed by atoms with Crippen molar-refractivity contribution in [3.8, 4) is 17.2 Å². The molecule has 0 saturated heterocycles. The Bertz CT molecular complexity index is 2550. The number of halogens is 1. The van der Waals surface area contributed by atoms with Crippen molar-refractivity contribution in [2.75, 3.05) is 20.3 Å². The highest BCUT2D eigenvalue weighted by Crippen LogP contribution is 2.37. The number of fused-ring (bicyclic) bond motifs is 2. The van der Waals surface area contributed by atoms with Crippen molar-refractivity contribution in [3.05, 3.63) is 147 Å². The summed E-state index contributed by atoms with van der Waals surface area (Å²) in [4.78, 5) is 13.1. The first-order valence-corrected chi connectivity index (χ1v) is 21.4. The van der Waals surface area contributed by atoms with E-state index >= 15 is 4.39 Å². The number of carbonyl (C=O) groups is 1. The summed E-state index contributed by atoms with van der Waals surface area (Å²) >= 11 is 0. The first-order valence-electron chi connectivity index (χ1n) is 20.0. The molecule has 12 nitrogen and oxygen atoms in total. The van der Waals surface area contributed by atoms with Crippen LogP contribution in [0.2, 0.25) is 0 Å². The Morgan fingerprint density at radius 3 is 2.43 bits per heavy atom. The van der Waals surface area contributed by atoms with Crippen molar-refractivity contribution in [3.63, 3.8) is 0 Å². The van der Waals surface area contributed by atoms with Gasteiger partial charge in [0.1, 0.15) is 35.2 Å². The molecule has 2 heterocycles. The third kappa shape index (κ3) is 9.95. The molecule has 5 aromatic carbocycles. The average Bonchev–Trinajstić information content (AvgIpc) is 3.66. The van der Waals surface area contributed by atoms with Crippen LogP contribution in [0, 0.1) is 19.7 Å². The van der Waals surface area contributed by atoms with Crippen LogP contribution in [0.3, 0.4) is 0 Å². The van der Waals surface area contributed by atoms with Gasteiger partial charge in [0.25, 0.3) is 0 Å². The molecular formula is C46H49FN4O8S. The van der Waals surface area contributed by atoms with Crippen LogP contribution >= 0.6 is 0 Å². The third-order valence-corrected chi connectivity index (χ3v) is 12.0. The molecule has 1 aromatic heterocycles. The Hall–Kier alpha value is -5.83. The molecule has 0 saturated carbocycles. The third-order valence-electron chi connectivity index (χ3n) is 10.7. The summed E-state index contributed by atoms with van der Waals surface area (Å²) in [6, 6.07) is 29.5. The number of carbonyl (C=O) groups excluding carboxylic acids is 1. The SMILES string of the molecule is CCOC(=O)CC(c1cc(F)c(C)c(CN2Cc3cc(OCc4ccccc4)ccc3OS2(=O)=O)c1)c1ccc2c(nnn2CCCCOCc2ccc(OC)cc2)c1C. The maximum absolute atomic E-state index is 16.0. The number of aryl methyl sites for hydroxylation is 2. The second-order valence-corrected chi connectivity index (χ2v) is 16.3. The van der Waals surface area contributed by atoms with Crippen LogP contribution < -0.4 is 13.7 Å². The van der Waals surface area contributed by atoms with Gasteiger partial charge in [-0.25, -0.2) is 9.07 Å². The molecule has 1 aliphatic heterocycles. The van der Waals surface area contributed by atoms with Crippen molar-refractivity contribution in [1.29, 1.82) is 0 Å². The van der Waals surface area contributed by atoms with Gasteiger partial charge in [-0.3, -0.25) is 4.79 Å². The molecule has 0 aliphatic carbocycles. The number of ether oxygens (including phenoxy) is 4. The molecular weight excluding hydrogens is 788 g/mol. The molecule has 0 bridgehead atoms. The summed E-state index contributed by atoms with van der Waals surface area (Å²) in [6.45, 7) is 7.36. The fraction of sp³-hybridized carbons (Fsp3) is 0.326. The van der Waals surface area contributed by atoms with Gasteiger partial charge in [0.15, 0.2) is 0 Å². The van der Waals surface area contributed by atoms with E-state index in [1.54, 1.807) is 45.2 Å². The quantitative estimate of drug-likeness (QED) is 0.0614. The van der Waals surface area contributed by atoms with Gasteiger partial charge in [0.05, 0.1) is 32.3 Å². The van der Waals surface area contributed by atoms with Crippen LogP contribution in [0.5, 0.6) is 17.2 Å². The fourth-order valence-corrected chi connectivity index (χ4v) is 8.46. The van der Waals surface area contributed by atoms with Gasteiger partial charge in [0, 0.05) is 37.7 Å². The number of rotatable bonds is 18. The van der Waals surface area contributed by atoms with Gasteiger partial charge < -0.3 is 23.1 Å². The van der Waals surface area contributed by atoms with Crippen molar-refractivity contribution in [1.82, 2.24) is 19.3 Å². The van der Waals surface area contributed by atoms with Gasteiger partial charge in [0.2, 0.25) is 0 Å². The highest BCUT2D eigenvalue weighted by molar-refractivity contribution is 7.84. The van der Waals surface area contributed by atoms with E-state index in [4.69, 9.17) is 23.1 Å². The number of methoxy groups -OCH3 is 1. The smallest absolute Gasteiger partial charge is 0.385 e. The largest absolute Gasteiger partial charge is 0.497 e. The molecule has 1 atom stereocenters.